The van der Waals surface area contributed by atoms with Crippen molar-refractivity contribution < 1.29 is 27.4 Å². The number of nitrogens with two attached hydrogens (primary N) is 2. The summed E-state index contributed by atoms with van der Waals surface area (Å²) < 4.78 is 43.7. The standard InChI is InChI=1S/C10H11F3N2O3/c11-10(12,13)4-17-5-18-9(16)7-2-1-6(14)3-8(7)15/h1-3H,4-5,14-15H2. The molecule has 0 atom stereocenters. The zero-order valence-corrected chi connectivity index (χ0v) is 9.16. The van der Waals surface area contributed by atoms with Crippen molar-refractivity contribution in [3.63, 3.8) is 0 Å². The van der Waals surface area contributed by atoms with Crippen LogP contribution < -0.4 is 11.5 Å². The zero-order valence-electron chi connectivity index (χ0n) is 9.16. The number of nitrogen functional groups attached to an aromatic ring is 2. The number of halogens is 3. The zero-order chi connectivity index (χ0) is 13.8. The van der Waals surface area contributed by atoms with Crippen molar-refractivity contribution >= 4 is 17.3 Å². The largest absolute Gasteiger partial charge is 0.435 e. The van der Waals surface area contributed by atoms with Gasteiger partial charge in [-0.25, -0.2) is 4.79 Å². The third-order valence-electron chi connectivity index (χ3n) is 1.83. The maximum Gasteiger partial charge on any atom is 0.411 e. The highest BCUT2D eigenvalue weighted by Gasteiger charge is 2.27. The molecule has 1 aromatic rings. The van der Waals surface area contributed by atoms with Gasteiger partial charge in [0.2, 0.25) is 0 Å². The molecule has 0 bridgehead atoms. The van der Waals surface area contributed by atoms with Crippen LogP contribution in [0.5, 0.6) is 0 Å². The average Bonchev–Trinajstić information content (AvgIpc) is 2.22. The number of carbonyl (C=O) groups excluding carboxylic acids is 1. The van der Waals surface area contributed by atoms with Crippen LogP contribution in [0.3, 0.4) is 0 Å². The molecule has 0 fully saturated rings. The molecule has 0 amide bonds. The first-order valence-corrected chi connectivity index (χ1v) is 4.76. The Morgan fingerprint density at radius 3 is 2.50 bits per heavy atom. The monoisotopic (exact) mass is 264 g/mol. The first-order valence-electron chi connectivity index (χ1n) is 4.76. The summed E-state index contributed by atoms with van der Waals surface area (Å²) in [5, 5.41) is 0. The Hall–Kier alpha value is -1.96. The van der Waals surface area contributed by atoms with Gasteiger partial charge in [-0.3, -0.25) is 0 Å². The minimum atomic E-state index is -4.47. The van der Waals surface area contributed by atoms with Crippen molar-refractivity contribution in [1.82, 2.24) is 0 Å². The molecule has 1 rings (SSSR count). The van der Waals surface area contributed by atoms with Crippen molar-refractivity contribution in [1.29, 1.82) is 0 Å². The normalized spacial score (nSPS) is 11.3. The van der Waals surface area contributed by atoms with E-state index in [-0.39, 0.29) is 11.3 Å². The predicted octanol–water partition coefficient (Wildman–Crippen LogP) is 1.54. The Morgan fingerprint density at radius 2 is 1.94 bits per heavy atom. The Labute approximate surface area is 100 Å². The van der Waals surface area contributed by atoms with Crippen LogP contribution >= 0.6 is 0 Å². The molecule has 100 valence electrons. The molecule has 1 aromatic carbocycles. The highest BCUT2D eigenvalue weighted by Crippen LogP contribution is 2.17. The third kappa shape index (κ3) is 4.50. The van der Waals surface area contributed by atoms with Gasteiger partial charge in [0.1, 0.15) is 6.61 Å². The second kappa shape index (κ2) is 5.58. The van der Waals surface area contributed by atoms with Crippen LogP contribution in [0.1, 0.15) is 10.4 Å². The van der Waals surface area contributed by atoms with E-state index >= 15 is 0 Å². The molecule has 0 aliphatic rings. The fourth-order valence-corrected chi connectivity index (χ4v) is 1.10. The van der Waals surface area contributed by atoms with Crippen LogP contribution in [0.25, 0.3) is 0 Å². The van der Waals surface area contributed by atoms with Crippen molar-refractivity contribution in [2.24, 2.45) is 0 Å². The molecule has 5 nitrogen and oxygen atoms in total. The van der Waals surface area contributed by atoms with Crippen LogP contribution in [-0.4, -0.2) is 25.5 Å². The Morgan fingerprint density at radius 1 is 1.28 bits per heavy atom. The lowest BCUT2D eigenvalue weighted by atomic mass is 10.1. The van der Waals surface area contributed by atoms with Gasteiger partial charge in [0.15, 0.2) is 6.79 Å². The molecule has 0 heterocycles. The van der Waals surface area contributed by atoms with E-state index in [4.69, 9.17) is 11.5 Å². The van der Waals surface area contributed by atoms with Gasteiger partial charge < -0.3 is 20.9 Å². The maximum absolute atomic E-state index is 11.7. The van der Waals surface area contributed by atoms with Crippen molar-refractivity contribution in [2.75, 3.05) is 24.9 Å². The molecule has 0 radical (unpaired) electrons. The quantitative estimate of drug-likeness (QED) is 0.373. The number of rotatable bonds is 4. The van der Waals surface area contributed by atoms with Crippen LogP contribution in [0.2, 0.25) is 0 Å². The summed E-state index contributed by atoms with van der Waals surface area (Å²) in [6, 6.07) is 4.08. The lowest BCUT2D eigenvalue weighted by Crippen LogP contribution is -2.19. The SMILES string of the molecule is Nc1ccc(C(=O)OCOCC(F)(F)F)c(N)c1. The summed E-state index contributed by atoms with van der Waals surface area (Å²) in [7, 11) is 0. The Bertz CT molecular complexity index is 435. The van der Waals surface area contributed by atoms with E-state index in [0.29, 0.717) is 5.69 Å². The van der Waals surface area contributed by atoms with Gasteiger partial charge >= 0.3 is 12.1 Å². The molecule has 0 saturated carbocycles. The van der Waals surface area contributed by atoms with Gasteiger partial charge in [-0.2, -0.15) is 13.2 Å². The molecule has 8 heteroatoms. The fraction of sp³-hybridized carbons (Fsp3) is 0.300. The number of anilines is 2. The molecule has 18 heavy (non-hydrogen) atoms. The van der Waals surface area contributed by atoms with E-state index in [2.05, 4.69) is 9.47 Å². The van der Waals surface area contributed by atoms with E-state index in [1.165, 1.54) is 18.2 Å². The topological polar surface area (TPSA) is 87.6 Å². The minimum Gasteiger partial charge on any atom is -0.435 e. The molecule has 4 N–H and O–H groups in total. The summed E-state index contributed by atoms with van der Waals surface area (Å²) in [5.41, 5.74) is 11.4. The van der Waals surface area contributed by atoms with Crippen LogP contribution in [0.4, 0.5) is 24.5 Å². The molecule has 0 unspecified atom stereocenters. The van der Waals surface area contributed by atoms with Gasteiger partial charge in [-0.1, -0.05) is 0 Å². The summed E-state index contributed by atoms with van der Waals surface area (Å²) in [6.45, 7) is -2.29. The number of hydrogen-bond acceptors (Lipinski definition) is 5. The number of hydrogen-bond donors (Lipinski definition) is 2. The first kappa shape index (κ1) is 14.1. The van der Waals surface area contributed by atoms with Gasteiger partial charge in [0.05, 0.1) is 5.56 Å². The molecule has 0 aliphatic carbocycles. The fourth-order valence-electron chi connectivity index (χ4n) is 1.10. The Kier molecular flexibility index (Phi) is 4.38. The lowest BCUT2D eigenvalue weighted by molar-refractivity contribution is -0.190. The maximum atomic E-state index is 11.7. The van der Waals surface area contributed by atoms with Gasteiger partial charge in [-0.15, -0.1) is 0 Å². The average molecular weight is 264 g/mol. The number of alkyl halides is 3. The minimum absolute atomic E-state index is 0.0137. The molecular weight excluding hydrogens is 253 g/mol. The molecule has 0 aromatic heterocycles. The van der Waals surface area contributed by atoms with E-state index in [1.807, 2.05) is 0 Å². The van der Waals surface area contributed by atoms with Gasteiger partial charge in [0.25, 0.3) is 0 Å². The molecular formula is C10H11F3N2O3. The van der Waals surface area contributed by atoms with Gasteiger partial charge in [-0.05, 0) is 18.2 Å². The second-order valence-electron chi connectivity index (χ2n) is 3.36. The van der Waals surface area contributed by atoms with E-state index < -0.39 is 25.5 Å². The van der Waals surface area contributed by atoms with E-state index in [0.717, 1.165) is 0 Å². The molecule has 0 saturated heterocycles. The number of esters is 1. The van der Waals surface area contributed by atoms with E-state index in [1.54, 1.807) is 0 Å². The van der Waals surface area contributed by atoms with Crippen molar-refractivity contribution in [3.8, 4) is 0 Å². The third-order valence-corrected chi connectivity index (χ3v) is 1.83. The number of carbonyl (C=O) groups is 1. The van der Waals surface area contributed by atoms with Crippen LogP contribution in [0.15, 0.2) is 18.2 Å². The van der Waals surface area contributed by atoms with Gasteiger partial charge in [0, 0.05) is 11.4 Å². The van der Waals surface area contributed by atoms with E-state index in [9.17, 15) is 18.0 Å². The summed E-state index contributed by atoms with van der Waals surface area (Å²) >= 11 is 0. The molecule has 0 spiro atoms. The second-order valence-corrected chi connectivity index (χ2v) is 3.36. The van der Waals surface area contributed by atoms with Crippen molar-refractivity contribution in [3.05, 3.63) is 23.8 Å². The predicted molar refractivity (Wildman–Crippen MR) is 57.6 cm³/mol. The lowest BCUT2D eigenvalue weighted by Gasteiger charge is -2.09. The summed E-state index contributed by atoms with van der Waals surface area (Å²) in [6.07, 6.45) is -4.47. The summed E-state index contributed by atoms with van der Waals surface area (Å²) in [4.78, 5) is 11.4. The smallest absolute Gasteiger partial charge is 0.411 e. The summed E-state index contributed by atoms with van der Waals surface area (Å²) in [5.74, 6) is -0.880. The number of ether oxygens (including phenoxy) is 2. The Balaban J connectivity index is 2.46. The molecule has 0 aliphatic heterocycles. The van der Waals surface area contributed by atoms with Crippen LogP contribution in [-0.2, 0) is 9.47 Å². The highest BCUT2D eigenvalue weighted by molar-refractivity contribution is 5.95. The van der Waals surface area contributed by atoms with Crippen molar-refractivity contribution in [2.45, 2.75) is 6.18 Å². The number of benzene rings is 1. The van der Waals surface area contributed by atoms with Crippen LogP contribution in [0, 0.1) is 0 Å². The highest BCUT2D eigenvalue weighted by atomic mass is 19.4. The first-order chi connectivity index (χ1) is 8.29.